The summed E-state index contributed by atoms with van der Waals surface area (Å²) in [6, 6.07) is 17.2. The van der Waals surface area contributed by atoms with E-state index in [9.17, 15) is 4.79 Å². The molecule has 0 saturated heterocycles. The largest absolute Gasteiger partial charge is 0.448 e. The van der Waals surface area contributed by atoms with Crippen LogP contribution in [0.25, 0.3) is 0 Å². The highest BCUT2D eigenvalue weighted by molar-refractivity contribution is 9.10. The van der Waals surface area contributed by atoms with Crippen molar-refractivity contribution in [2.75, 3.05) is 23.7 Å². The van der Waals surface area contributed by atoms with Gasteiger partial charge in [0.05, 0.1) is 18.0 Å². The Hall–Kier alpha value is -2.01. The van der Waals surface area contributed by atoms with Crippen LogP contribution in [0.5, 0.6) is 0 Å². The molecule has 0 radical (unpaired) electrons. The smallest absolute Gasteiger partial charge is 0.433 e. The van der Waals surface area contributed by atoms with Gasteiger partial charge in [0.1, 0.15) is 0 Å². The van der Waals surface area contributed by atoms with Gasteiger partial charge in [-0.25, -0.2) is 4.79 Å². The number of ether oxygens (including phenoxy) is 1. The molecule has 0 N–H and O–H groups in total. The minimum absolute atomic E-state index is 0.328. The molecule has 110 valence electrons. The predicted molar refractivity (Wildman–Crippen MR) is 88.5 cm³/mol. The zero-order chi connectivity index (χ0) is 15.2. The summed E-state index contributed by atoms with van der Waals surface area (Å²) in [5.41, 5.74) is 1.64. The van der Waals surface area contributed by atoms with Crippen molar-refractivity contribution in [1.82, 2.24) is 0 Å². The minimum atomic E-state index is -0.411. The number of nitrogens with zero attached hydrogens (tertiary/aromatic N) is 2. The van der Waals surface area contributed by atoms with Crippen molar-refractivity contribution in [3.63, 3.8) is 0 Å². The summed E-state index contributed by atoms with van der Waals surface area (Å²) >= 11 is 3.40. The van der Waals surface area contributed by atoms with Gasteiger partial charge in [-0.3, -0.25) is 5.01 Å². The lowest BCUT2D eigenvalue weighted by molar-refractivity contribution is 0.159. The van der Waals surface area contributed by atoms with E-state index in [4.69, 9.17) is 4.74 Å². The second kappa shape index (κ2) is 7.13. The van der Waals surface area contributed by atoms with Gasteiger partial charge in [0, 0.05) is 11.5 Å². The summed E-state index contributed by atoms with van der Waals surface area (Å²) in [6.45, 7) is 2.12. The van der Waals surface area contributed by atoms with Gasteiger partial charge in [0.2, 0.25) is 0 Å². The van der Waals surface area contributed by atoms with Crippen molar-refractivity contribution in [2.45, 2.75) is 6.92 Å². The van der Waals surface area contributed by atoms with E-state index in [1.165, 1.54) is 5.01 Å². The fraction of sp³-hybridized carbons (Fsp3) is 0.188. The molecule has 0 aliphatic heterocycles. The molecule has 0 atom stereocenters. The maximum Gasteiger partial charge on any atom is 0.433 e. The van der Waals surface area contributed by atoms with Crippen LogP contribution in [-0.2, 0) is 4.74 Å². The highest BCUT2D eigenvalue weighted by atomic mass is 79.9. The summed E-state index contributed by atoms with van der Waals surface area (Å²) in [6.07, 6.45) is -0.411. The van der Waals surface area contributed by atoms with Crippen LogP contribution >= 0.6 is 15.9 Å². The first-order chi connectivity index (χ1) is 10.1. The molecule has 0 aliphatic rings. The first-order valence-electron chi connectivity index (χ1n) is 6.64. The molecule has 0 unspecified atom stereocenters. The number of hydrogen-bond donors (Lipinski definition) is 0. The number of halogens is 1. The zero-order valence-corrected chi connectivity index (χ0v) is 13.6. The van der Waals surface area contributed by atoms with Crippen LogP contribution in [-0.4, -0.2) is 19.7 Å². The molecule has 0 fully saturated rings. The average molecular weight is 349 g/mol. The molecule has 0 spiro atoms. The van der Waals surface area contributed by atoms with E-state index in [1.807, 2.05) is 61.6 Å². The number of carbonyl (C=O) groups is 1. The number of para-hydroxylation sites is 1. The Morgan fingerprint density at radius 2 is 1.67 bits per heavy atom. The number of amides is 1. The lowest BCUT2D eigenvalue weighted by Gasteiger charge is -2.32. The Morgan fingerprint density at radius 3 is 2.24 bits per heavy atom. The van der Waals surface area contributed by atoms with Crippen LogP contribution in [0, 0.1) is 0 Å². The fourth-order valence-corrected chi connectivity index (χ4v) is 2.19. The number of carbonyl (C=O) groups excluding carboxylic acids is 1. The van der Waals surface area contributed by atoms with Crippen molar-refractivity contribution in [2.24, 2.45) is 0 Å². The molecule has 0 aromatic heterocycles. The molecule has 4 nitrogen and oxygen atoms in total. The second-order valence-corrected chi connectivity index (χ2v) is 5.26. The fourth-order valence-electron chi connectivity index (χ4n) is 1.93. The van der Waals surface area contributed by atoms with Crippen molar-refractivity contribution < 1.29 is 9.53 Å². The second-order valence-electron chi connectivity index (χ2n) is 4.35. The van der Waals surface area contributed by atoms with E-state index in [1.54, 1.807) is 11.9 Å². The van der Waals surface area contributed by atoms with Gasteiger partial charge in [0.25, 0.3) is 0 Å². The maximum atomic E-state index is 12.3. The predicted octanol–water partition coefficient (Wildman–Crippen LogP) is 4.46. The standard InChI is InChI=1S/C16H17BrN2O2/c1-3-21-16(20)19(15-11-9-13(17)10-12-15)18(2)14-7-5-4-6-8-14/h4-12H,3H2,1-2H3. The topological polar surface area (TPSA) is 32.8 Å². The van der Waals surface area contributed by atoms with E-state index >= 15 is 0 Å². The van der Waals surface area contributed by atoms with Crippen molar-refractivity contribution in [3.8, 4) is 0 Å². The van der Waals surface area contributed by atoms with E-state index in [0.29, 0.717) is 6.61 Å². The van der Waals surface area contributed by atoms with E-state index < -0.39 is 6.09 Å². The average Bonchev–Trinajstić information content (AvgIpc) is 2.50. The van der Waals surface area contributed by atoms with E-state index in [-0.39, 0.29) is 0 Å². The van der Waals surface area contributed by atoms with Crippen molar-refractivity contribution in [1.29, 1.82) is 0 Å². The summed E-state index contributed by atoms with van der Waals surface area (Å²) in [5, 5.41) is 3.27. The summed E-state index contributed by atoms with van der Waals surface area (Å²) in [4.78, 5) is 12.3. The van der Waals surface area contributed by atoms with Gasteiger partial charge in [0.15, 0.2) is 0 Å². The number of rotatable bonds is 4. The maximum absolute atomic E-state index is 12.3. The van der Waals surface area contributed by atoms with Gasteiger partial charge >= 0.3 is 6.09 Å². The number of benzene rings is 2. The van der Waals surface area contributed by atoms with Crippen LogP contribution in [0.15, 0.2) is 59.1 Å². The lowest BCUT2D eigenvalue weighted by Crippen LogP contribution is -2.45. The molecular weight excluding hydrogens is 332 g/mol. The Bertz CT molecular complexity index is 587. The van der Waals surface area contributed by atoms with Crippen LogP contribution in [0.3, 0.4) is 0 Å². The number of hydrazine groups is 1. The van der Waals surface area contributed by atoms with Crippen LogP contribution in [0.1, 0.15) is 6.92 Å². The SMILES string of the molecule is CCOC(=O)N(c1ccc(Br)cc1)N(C)c1ccccc1. The molecule has 2 aromatic rings. The summed E-state index contributed by atoms with van der Waals surface area (Å²) in [5.74, 6) is 0. The minimum Gasteiger partial charge on any atom is -0.448 e. The molecule has 2 aromatic carbocycles. The van der Waals surface area contributed by atoms with Crippen LogP contribution in [0.4, 0.5) is 16.2 Å². The van der Waals surface area contributed by atoms with Gasteiger partial charge in [-0.1, -0.05) is 34.1 Å². The summed E-state index contributed by atoms with van der Waals surface area (Å²) < 4.78 is 6.12. The molecule has 5 heteroatoms. The van der Waals surface area contributed by atoms with E-state index in [0.717, 1.165) is 15.8 Å². The lowest BCUT2D eigenvalue weighted by atomic mass is 10.3. The Morgan fingerprint density at radius 1 is 1.05 bits per heavy atom. The zero-order valence-electron chi connectivity index (χ0n) is 12.0. The number of hydrogen-bond acceptors (Lipinski definition) is 3. The van der Waals surface area contributed by atoms with Gasteiger partial charge in [-0.05, 0) is 43.3 Å². The third kappa shape index (κ3) is 3.76. The molecule has 1 amide bonds. The van der Waals surface area contributed by atoms with Gasteiger partial charge < -0.3 is 4.74 Å². The first-order valence-corrected chi connectivity index (χ1v) is 7.44. The van der Waals surface area contributed by atoms with Gasteiger partial charge in [-0.2, -0.15) is 5.01 Å². The quantitative estimate of drug-likeness (QED) is 0.764. The molecule has 0 bridgehead atoms. The van der Waals surface area contributed by atoms with Crippen molar-refractivity contribution in [3.05, 3.63) is 59.1 Å². The highest BCUT2D eigenvalue weighted by Crippen LogP contribution is 2.24. The molecule has 21 heavy (non-hydrogen) atoms. The molecule has 0 heterocycles. The summed E-state index contributed by atoms with van der Waals surface area (Å²) in [7, 11) is 1.83. The molecule has 2 rings (SSSR count). The third-order valence-electron chi connectivity index (χ3n) is 2.94. The monoisotopic (exact) mass is 348 g/mol. The highest BCUT2D eigenvalue weighted by Gasteiger charge is 2.22. The Balaban J connectivity index is 2.36. The Kier molecular flexibility index (Phi) is 5.22. The third-order valence-corrected chi connectivity index (χ3v) is 3.47. The van der Waals surface area contributed by atoms with Crippen LogP contribution < -0.4 is 10.0 Å². The van der Waals surface area contributed by atoms with Crippen molar-refractivity contribution >= 4 is 33.4 Å². The normalized spacial score (nSPS) is 10.0. The Labute approximate surface area is 133 Å². The first kappa shape index (κ1) is 15.4. The molecular formula is C16H17BrN2O2. The number of anilines is 2. The molecule has 0 aliphatic carbocycles. The van der Waals surface area contributed by atoms with Gasteiger partial charge in [-0.15, -0.1) is 0 Å². The molecule has 0 saturated carbocycles. The van der Waals surface area contributed by atoms with E-state index in [2.05, 4.69) is 15.9 Å². The van der Waals surface area contributed by atoms with Crippen LogP contribution in [0.2, 0.25) is 0 Å².